The van der Waals surface area contributed by atoms with E-state index < -0.39 is 8.32 Å². The maximum atomic E-state index is 5.75. The Balaban J connectivity index is 2.25. The van der Waals surface area contributed by atoms with Crippen molar-refractivity contribution >= 4 is 13.7 Å². The van der Waals surface area contributed by atoms with E-state index in [4.69, 9.17) is 8.95 Å². The van der Waals surface area contributed by atoms with Crippen molar-refractivity contribution in [1.82, 2.24) is 5.16 Å². The van der Waals surface area contributed by atoms with E-state index in [0.29, 0.717) is 0 Å². The molecule has 0 amide bonds. The Kier molecular flexibility index (Phi) is 3.96. The van der Waals surface area contributed by atoms with Crippen molar-refractivity contribution in [3.63, 3.8) is 0 Å². The van der Waals surface area contributed by atoms with Crippen LogP contribution < -0.4 is 5.38 Å². The van der Waals surface area contributed by atoms with E-state index in [2.05, 4.69) is 42.5 Å². The van der Waals surface area contributed by atoms with Crippen molar-refractivity contribution in [2.24, 2.45) is 0 Å². The highest BCUT2D eigenvalue weighted by atomic mass is 28.4. The second-order valence-electron chi connectivity index (χ2n) is 5.68. The van der Waals surface area contributed by atoms with Crippen LogP contribution in [0.3, 0.4) is 0 Å². The molecule has 0 spiro atoms. The Hall–Kier alpha value is -2.17. The average molecular weight is 309 g/mol. The summed E-state index contributed by atoms with van der Waals surface area (Å²) in [4.78, 5) is 0. The van der Waals surface area contributed by atoms with Gasteiger partial charge in [-0.05, 0) is 18.7 Å². The fraction of sp³-hybridized carbons (Fsp3) is 0.167. The van der Waals surface area contributed by atoms with Crippen LogP contribution in [-0.4, -0.2) is 20.6 Å². The summed E-state index contributed by atoms with van der Waals surface area (Å²) in [6.07, 6.45) is 0. The summed E-state index contributed by atoms with van der Waals surface area (Å²) in [5.74, 6) is 0. The highest BCUT2D eigenvalue weighted by Crippen LogP contribution is 2.31. The summed E-state index contributed by atoms with van der Waals surface area (Å²) in [6, 6.07) is 20.4. The van der Waals surface area contributed by atoms with Crippen molar-refractivity contribution in [3.8, 4) is 22.4 Å². The number of hydrogen-bond donors (Lipinski definition) is 0. The lowest BCUT2D eigenvalue weighted by Crippen LogP contribution is -2.44. The number of aromatic nitrogens is 1. The van der Waals surface area contributed by atoms with Gasteiger partial charge in [0.05, 0.1) is 5.56 Å². The number of hydrogen-bond acceptors (Lipinski definition) is 3. The van der Waals surface area contributed by atoms with Gasteiger partial charge < -0.3 is 8.95 Å². The van der Waals surface area contributed by atoms with Gasteiger partial charge >= 0.3 is 0 Å². The minimum absolute atomic E-state index is 0.874. The lowest BCUT2D eigenvalue weighted by molar-refractivity contribution is 0.388. The summed E-state index contributed by atoms with van der Waals surface area (Å²) in [6.45, 7) is 4.24. The van der Waals surface area contributed by atoms with Gasteiger partial charge in [0.25, 0.3) is 8.32 Å². The van der Waals surface area contributed by atoms with E-state index in [1.165, 1.54) is 0 Å². The van der Waals surface area contributed by atoms with Crippen molar-refractivity contribution in [3.05, 3.63) is 60.7 Å². The van der Waals surface area contributed by atoms with E-state index >= 15 is 0 Å². The zero-order valence-corrected chi connectivity index (χ0v) is 14.0. The molecule has 0 saturated carbocycles. The van der Waals surface area contributed by atoms with E-state index in [1.54, 1.807) is 7.11 Å². The largest absolute Gasteiger partial charge is 0.412 e. The van der Waals surface area contributed by atoms with Crippen LogP contribution in [0.5, 0.6) is 0 Å². The zero-order chi connectivity index (χ0) is 15.6. The summed E-state index contributed by atoms with van der Waals surface area (Å²) in [5, 5.41) is 5.23. The first-order chi connectivity index (χ1) is 10.6. The molecule has 0 N–H and O–H groups in total. The molecular formula is C18H19NO2Si. The average Bonchev–Trinajstić information content (AvgIpc) is 3.02. The molecule has 0 aliphatic heterocycles. The van der Waals surface area contributed by atoms with Gasteiger partial charge in [-0.3, -0.25) is 0 Å². The molecule has 0 radical (unpaired) electrons. The smallest absolute Gasteiger partial charge is 0.261 e. The first-order valence-electron chi connectivity index (χ1n) is 7.29. The van der Waals surface area contributed by atoms with E-state index in [1.807, 2.05) is 36.4 Å². The maximum Gasteiger partial charge on any atom is 0.261 e. The van der Waals surface area contributed by atoms with Crippen molar-refractivity contribution in [2.45, 2.75) is 13.1 Å². The van der Waals surface area contributed by atoms with Crippen LogP contribution in [0.4, 0.5) is 0 Å². The third-order valence-electron chi connectivity index (χ3n) is 3.86. The Labute approximate surface area is 131 Å². The van der Waals surface area contributed by atoms with E-state index in [9.17, 15) is 0 Å². The lowest BCUT2D eigenvalue weighted by Gasteiger charge is -2.18. The van der Waals surface area contributed by atoms with Crippen LogP contribution in [0.25, 0.3) is 22.4 Å². The van der Waals surface area contributed by atoms with Gasteiger partial charge in [-0.15, -0.1) is 0 Å². The highest BCUT2D eigenvalue weighted by Gasteiger charge is 2.34. The fourth-order valence-corrected chi connectivity index (χ4v) is 3.78. The van der Waals surface area contributed by atoms with Crippen LogP contribution in [0.15, 0.2) is 65.2 Å². The third-order valence-corrected chi connectivity index (χ3v) is 6.31. The van der Waals surface area contributed by atoms with Crippen LogP contribution in [-0.2, 0) is 4.43 Å². The molecule has 0 bridgehead atoms. The van der Waals surface area contributed by atoms with Gasteiger partial charge in [-0.25, -0.2) is 0 Å². The molecule has 22 heavy (non-hydrogen) atoms. The molecule has 1 aromatic heterocycles. The van der Waals surface area contributed by atoms with Gasteiger partial charge in [0.1, 0.15) is 5.69 Å². The van der Waals surface area contributed by atoms with Gasteiger partial charge in [0.15, 0.2) is 5.38 Å². The normalized spacial score (nSPS) is 11.6. The molecule has 3 nitrogen and oxygen atoms in total. The Morgan fingerprint density at radius 1 is 0.864 bits per heavy atom. The van der Waals surface area contributed by atoms with Crippen molar-refractivity contribution in [2.75, 3.05) is 7.11 Å². The minimum atomic E-state index is -2.12. The van der Waals surface area contributed by atoms with Gasteiger partial charge in [-0.2, -0.15) is 0 Å². The van der Waals surface area contributed by atoms with Gasteiger partial charge in [0, 0.05) is 12.7 Å². The van der Waals surface area contributed by atoms with Crippen molar-refractivity contribution in [1.29, 1.82) is 0 Å². The standard InChI is InChI=1S/C18H19NO2Si/c1-20-22(2,3)18-16(14-10-6-4-7-11-14)17(19-21-18)15-12-8-5-9-13-15/h4-13H,1-3H3. The molecule has 2 aromatic carbocycles. The van der Waals surface area contributed by atoms with E-state index in [-0.39, 0.29) is 0 Å². The molecular weight excluding hydrogens is 290 g/mol. The fourth-order valence-electron chi connectivity index (χ4n) is 2.46. The third kappa shape index (κ3) is 2.63. The molecule has 112 valence electrons. The van der Waals surface area contributed by atoms with Crippen LogP contribution in [0.2, 0.25) is 13.1 Å². The second kappa shape index (κ2) is 5.91. The first kappa shape index (κ1) is 14.8. The number of nitrogens with zero attached hydrogens (tertiary/aromatic N) is 1. The molecule has 0 aliphatic carbocycles. The summed E-state index contributed by atoms with van der Waals surface area (Å²) in [7, 11) is -0.380. The monoisotopic (exact) mass is 309 g/mol. The molecule has 3 rings (SSSR count). The first-order valence-corrected chi connectivity index (χ1v) is 10.2. The zero-order valence-electron chi connectivity index (χ0n) is 13.0. The van der Waals surface area contributed by atoms with E-state index in [0.717, 1.165) is 27.8 Å². The Morgan fingerprint density at radius 2 is 1.41 bits per heavy atom. The molecule has 0 atom stereocenters. The number of rotatable bonds is 4. The Morgan fingerprint density at radius 3 is 1.95 bits per heavy atom. The molecule has 0 aliphatic rings. The predicted molar refractivity (Wildman–Crippen MR) is 91.5 cm³/mol. The topological polar surface area (TPSA) is 35.3 Å². The van der Waals surface area contributed by atoms with Crippen LogP contribution >= 0.6 is 0 Å². The SMILES string of the molecule is CO[Si](C)(C)c1onc(-c2ccccc2)c1-c1ccccc1. The van der Waals surface area contributed by atoms with Crippen LogP contribution in [0.1, 0.15) is 0 Å². The maximum absolute atomic E-state index is 5.75. The molecule has 3 aromatic rings. The molecule has 0 saturated heterocycles. The summed E-state index contributed by atoms with van der Waals surface area (Å²) < 4.78 is 11.5. The molecule has 0 unspecified atom stereocenters. The van der Waals surface area contributed by atoms with Gasteiger partial charge in [-0.1, -0.05) is 65.8 Å². The predicted octanol–water partition coefficient (Wildman–Crippen LogP) is 4.07. The molecule has 4 heteroatoms. The quantitative estimate of drug-likeness (QED) is 0.682. The Bertz CT molecular complexity index is 751. The second-order valence-corrected chi connectivity index (χ2v) is 9.56. The van der Waals surface area contributed by atoms with Crippen molar-refractivity contribution < 1.29 is 8.95 Å². The highest BCUT2D eigenvalue weighted by molar-refractivity contribution is 6.84. The lowest BCUT2D eigenvalue weighted by atomic mass is 10.0. The summed E-state index contributed by atoms with van der Waals surface area (Å²) >= 11 is 0. The van der Waals surface area contributed by atoms with Gasteiger partial charge in [0.2, 0.25) is 0 Å². The summed E-state index contributed by atoms with van der Waals surface area (Å²) in [5.41, 5.74) is 4.08. The minimum Gasteiger partial charge on any atom is -0.412 e. The molecule has 0 fully saturated rings. The number of benzene rings is 2. The molecule has 1 heterocycles. The van der Waals surface area contributed by atoms with Crippen LogP contribution in [0, 0.1) is 0 Å².